The standard InChI is InChI=1S/C39H63NO5.C17H30O2.C13H24O.C8H16.2CH4/c1-7-13-15-17-19-21-26-43-35(10-4)29-40(31-39(42)44-27-22-20-18-16-14-8-2)30-36(11-5)45-32-34-25-24-33(23-9-3)28-37(34)38(41)12-6;1-3-4-5-6-7-8-9-10-14-17(19)15-12-11-13-16(2)18;1-3-5-6-7-8-9-10-11-12-13(14)4-2;1-8-6-4-2-3-5-7-8;;/h9,12,33-34,37H,3-8,13-32H2,1-2H3;10,14H,3-9,11-13,15H2,1-2H3;11-12H,3-10H2,1-2H3;8H,2-7H2,1H3;2*1H4/b;14-10-;12-11-;;;/t33-,34-,37?;;;;;/m0...../s1. The third-order valence-corrected chi connectivity index (χ3v) is 16.4. The van der Waals surface area contributed by atoms with E-state index in [9.17, 15) is 24.0 Å². The first-order chi connectivity index (χ1) is 41.8. The van der Waals surface area contributed by atoms with Crippen LogP contribution in [-0.4, -0.2) is 73.5 Å². The van der Waals surface area contributed by atoms with Crippen molar-refractivity contribution in [2.45, 2.75) is 327 Å². The predicted molar refractivity (Wildman–Crippen MR) is 380 cm³/mol. The van der Waals surface area contributed by atoms with Crippen molar-refractivity contribution in [2.75, 3.05) is 39.5 Å². The van der Waals surface area contributed by atoms with Gasteiger partial charge in [0, 0.05) is 31.1 Å². The first kappa shape index (κ1) is 90.1. The Balaban J connectivity index is -0.000000665. The zero-order valence-corrected chi connectivity index (χ0v) is 57.0. The molecule has 0 aromatic heterocycles. The number of nitrogens with zero attached hydrogens (tertiary/aromatic N) is 1. The average Bonchev–Trinajstić information content (AvgIpc) is 3.91. The van der Waals surface area contributed by atoms with Crippen molar-refractivity contribution < 1.29 is 38.2 Å². The summed E-state index contributed by atoms with van der Waals surface area (Å²) in [6.07, 6.45) is 58.6. The minimum atomic E-state index is -0.288. The Hall–Kier alpha value is -4.29. The van der Waals surface area contributed by atoms with Crippen LogP contribution >= 0.6 is 0 Å². The van der Waals surface area contributed by atoms with E-state index in [1.165, 1.54) is 173 Å². The molecule has 88 heavy (non-hydrogen) atoms. The molecule has 0 N–H and O–H groups in total. The molecule has 2 saturated carbocycles. The molecule has 0 aliphatic heterocycles. The van der Waals surface area contributed by atoms with Crippen molar-refractivity contribution in [2.24, 2.45) is 23.7 Å². The van der Waals surface area contributed by atoms with Gasteiger partial charge in [0.15, 0.2) is 28.9 Å². The molecule has 9 heteroatoms. The summed E-state index contributed by atoms with van der Waals surface area (Å²) in [4.78, 5) is 60.6. The molecular formula is C79H141NO8. The van der Waals surface area contributed by atoms with Crippen LogP contribution in [0.2, 0.25) is 0 Å². The van der Waals surface area contributed by atoms with E-state index in [-0.39, 0.29) is 62.3 Å². The molecule has 0 spiro atoms. The second-order valence-corrected chi connectivity index (χ2v) is 24.6. The summed E-state index contributed by atoms with van der Waals surface area (Å²) in [6, 6.07) is 0. The van der Waals surface area contributed by atoms with Crippen LogP contribution in [0.15, 0.2) is 85.8 Å². The topological polar surface area (TPSA) is 116 Å². The predicted octanol–water partition coefficient (Wildman–Crippen LogP) is 22.8. The van der Waals surface area contributed by atoms with Gasteiger partial charge in [-0.05, 0) is 114 Å². The van der Waals surface area contributed by atoms with Gasteiger partial charge in [-0.3, -0.25) is 24.1 Å². The van der Waals surface area contributed by atoms with Crippen LogP contribution in [0.4, 0.5) is 0 Å². The van der Waals surface area contributed by atoms with Crippen LogP contribution in [0.5, 0.6) is 0 Å². The fraction of sp³-hybridized carbons (Fsp3) is 0.759. The van der Waals surface area contributed by atoms with Crippen molar-refractivity contribution in [1.82, 2.24) is 4.90 Å². The summed E-state index contributed by atoms with van der Waals surface area (Å²) >= 11 is 0. The Labute approximate surface area is 545 Å². The molecule has 0 bridgehead atoms. The molecule has 0 amide bonds. The lowest BCUT2D eigenvalue weighted by atomic mass is 9.71. The minimum absolute atomic E-state index is 0. The summed E-state index contributed by atoms with van der Waals surface area (Å²) in [6.45, 7) is 32.2. The smallest absolute Gasteiger partial charge is 0.320 e. The van der Waals surface area contributed by atoms with E-state index in [1.807, 2.05) is 30.1 Å². The molecule has 510 valence electrons. The van der Waals surface area contributed by atoms with Crippen molar-refractivity contribution in [3.05, 3.63) is 85.8 Å². The summed E-state index contributed by atoms with van der Waals surface area (Å²) in [5.74, 6) is 3.01. The maximum atomic E-state index is 12.9. The van der Waals surface area contributed by atoms with Crippen LogP contribution in [0.25, 0.3) is 0 Å². The summed E-state index contributed by atoms with van der Waals surface area (Å²) in [7, 11) is 0. The molecule has 1 unspecified atom stereocenters. The number of carbonyl (C=O) groups is 5. The lowest BCUT2D eigenvalue weighted by Crippen LogP contribution is -2.36. The Bertz CT molecular complexity index is 1860. The van der Waals surface area contributed by atoms with Crippen molar-refractivity contribution in [1.29, 1.82) is 0 Å². The lowest BCUT2D eigenvalue weighted by molar-refractivity contribution is -0.145. The number of hydrogen-bond donors (Lipinski definition) is 0. The monoisotopic (exact) mass is 1230 g/mol. The largest absolute Gasteiger partial charge is 0.489 e. The van der Waals surface area contributed by atoms with E-state index in [0.29, 0.717) is 69.6 Å². The van der Waals surface area contributed by atoms with Crippen LogP contribution in [-0.2, 0) is 38.2 Å². The maximum Gasteiger partial charge on any atom is 0.320 e. The molecule has 0 heterocycles. The zero-order valence-electron chi connectivity index (χ0n) is 57.0. The number of hydrogen-bond acceptors (Lipinski definition) is 9. The summed E-state index contributed by atoms with van der Waals surface area (Å²) < 4.78 is 17.8. The number of Topliss-reactive ketones (excluding diaryl/α,β-unsaturated/α-hetero) is 1. The number of ether oxygens (including phenoxy) is 3. The van der Waals surface area contributed by atoms with Gasteiger partial charge in [0.1, 0.15) is 5.78 Å². The van der Waals surface area contributed by atoms with Gasteiger partial charge >= 0.3 is 5.97 Å². The van der Waals surface area contributed by atoms with Gasteiger partial charge in [0.25, 0.3) is 0 Å². The number of ketones is 4. The molecule has 0 saturated heterocycles. The fourth-order valence-electron chi connectivity index (χ4n) is 10.8. The summed E-state index contributed by atoms with van der Waals surface area (Å²) in [5, 5.41) is 0. The van der Waals surface area contributed by atoms with E-state index >= 15 is 0 Å². The summed E-state index contributed by atoms with van der Waals surface area (Å²) in [5.41, 5.74) is 5.84. The second kappa shape index (κ2) is 68.6. The quantitative estimate of drug-likeness (QED) is 0.0112. The average molecular weight is 1230 g/mol. The maximum absolute atomic E-state index is 12.9. The van der Waals surface area contributed by atoms with E-state index < -0.39 is 0 Å². The highest BCUT2D eigenvalue weighted by Crippen LogP contribution is 2.37. The third kappa shape index (κ3) is 59.3. The SMILES string of the molecule is C.C.C=C=C(CN(CC(=O)OCCCCCCCC)CC(=C=C)OC[C@@H]1CC[C@H](CC=C)CC1C(=O)C=C)OCCCCCCCC.CC1CCCCCC1.CCCCCCCC/C=C\C(=O)CC.CCCCCCCC/C=C\C(=O)CCCCC(C)=O. The van der Waals surface area contributed by atoms with Gasteiger partial charge in [-0.2, -0.15) is 0 Å². The fourth-order valence-corrected chi connectivity index (χ4v) is 10.8. The Morgan fingerprint density at radius 1 is 0.523 bits per heavy atom. The third-order valence-electron chi connectivity index (χ3n) is 16.4. The highest BCUT2D eigenvalue weighted by atomic mass is 16.5. The highest BCUT2D eigenvalue weighted by molar-refractivity contribution is 5.91. The normalized spacial score (nSPS) is 15.4. The Morgan fingerprint density at radius 3 is 1.44 bits per heavy atom. The lowest BCUT2D eigenvalue weighted by Gasteiger charge is -2.34. The molecule has 2 aliphatic rings. The second-order valence-electron chi connectivity index (χ2n) is 24.6. The van der Waals surface area contributed by atoms with Gasteiger partial charge in [-0.15, -0.1) is 6.58 Å². The Morgan fingerprint density at radius 2 is 0.977 bits per heavy atom. The van der Waals surface area contributed by atoms with Crippen LogP contribution in [0.3, 0.4) is 0 Å². The first-order valence-corrected chi connectivity index (χ1v) is 35.4. The number of esters is 1. The Kier molecular flexibility index (Phi) is 70.3. The molecule has 0 radical (unpaired) electrons. The molecule has 3 atom stereocenters. The van der Waals surface area contributed by atoms with Crippen LogP contribution in [0, 0.1) is 23.7 Å². The number of rotatable bonds is 50. The first-order valence-electron chi connectivity index (χ1n) is 35.4. The van der Waals surface area contributed by atoms with Gasteiger partial charge in [-0.25, -0.2) is 0 Å². The number of allylic oxidation sites excluding steroid dienone is 6. The van der Waals surface area contributed by atoms with Gasteiger partial charge in [-0.1, -0.05) is 273 Å². The van der Waals surface area contributed by atoms with E-state index in [4.69, 9.17) is 14.2 Å². The van der Waals surface area contributed by atoms with Crippen LogP contribution < -0.4 is 0 Å². The van der Waals surface area contributed by atoms with E-state index in [1.54, 1.807) is 19.1 Å². The highest BCUT2D eigenvalue weighted by Gasteiger charge is 2.34. The van der Waals surface area contributed by atoms with E-state index in [0.717, 1.165) is 83.0 Å². The zero-order chi connectivity index (χ0) is 63.9. The number of carbonyl (C=O) groups excluding carboxylic acids is 5. The minimum Gasteiger partial charge on any atom is -0.489 e. The van der Waals surface area contributed by atoms with Gasteiger partial charge in [0.05, 0.1) is 39.5 Å². The van der Waals surface area contributed by atoms with Gasteiger partial charge < -0.3 is 19.0 Å². The molecule has 0 aromatic rings. The van der Waals surface area contributed by atoms with Crippen LogP contribution in [0.1, 0.15) is 327 Å². The van der Waals surface area contributed by atoms with Gasteiger partial charge in [0.2, 0.25) is 0 Å². The van der Waals surface area contributed by atoms with E-state index in [2.05, 4.69) is 72.4 Å². The molecule has 9 nitrogen and oxygen atoms in total. The van der Waals surface area contributed by atoms with Crippen molar-refractivity contribution in [3.8, 4) is 0 Å². The number of unbranched alkanes of at least 4 members (excludes halogenated alkanes) is 23. The van der Waals surface area contributed by atoms with Crippen molar-refractivity contribution >= 4 is 29.1 Å². The molecule has 2 aliphatic carbocycles. The molecular weight excluding hydrogens is 1090 g/mol. The van der Waals surface area contributed by atoms with Crippen molar-refractivity contribution in [3.63, 3.8) is 0 Å². The molecule has 2 rings (SSSR count). The molecule has 2 fully saturated rings. The molecule has 0 aromatic carbocycles.